The van der Waals surface area contributed by atoms with Crippen molar-refractivity contribution < 1.29 is 8.42 Å². The Balaban J connectivity index is 2.90. The molecule has 0 unspecified atom stereocenters. The zero-order valence-electron chi connectivity index (χ0n) is 9.21. The Morgan fingerprint density at radius 3 is 2.44 bits per heavy atom. The highest BCUT2D eigenvalue weighted by atomic mass is 35.5. The molecule has 0 atom stereocenters. The smallest absolute Gasteiger partial charge is 0.238 e. The van der Waals surface area contributed by atoms with E-state index in [4.69, 9.17) is 11.6 Å². The van der Waals surface area contributed by atoms with E-state index in [2.05, 4.69) is 0 Å². The average molecular weight is 283 g/mol. The molecule has 0 aliphatic rings. The predicted molar refractivity (Wildman–Crippen MR) is 70.4 cm³/mol. The Morgan fingerprint density at radius 1 is 1.11 bits per heavy atom. The van der Waals surface area contributed by atoms with Crippen LogP contribution in [-0.4, -0.2) is 13.1 Å². The van der Waals surface area contributed by atoms with Crippen molar-refractivity contribution in [2.45, 2.75) is 5.88 Å². The molecule has 94 valence electrons. The van der Waals surface area contributed by atoms with Gasteiger partial charge in [0, 0.05) is 11.4 Å². The summed E-state index contributed by atoms with van der Waals surface area (Å²) in [5.74, 6) is 0.245. The lowest BCUT2D eigenvalue weighted by Crippen LogP contribution is -1.96. The Hall–Kier alpha value is -1.72. The first kappa shape index (κ1) is 12.7. The number of rotatable bonds is 2. The maximum absolute atomic E-state index is 11.5. The molecule has 4 nitrogen and oxygen atoms in total. The molecular weight excluding hydrogens is 274 g/mol. The molecule has 0 fully saturated rings. The summed E-state index contributed by atoms with van der Waals surface area (Å²) in [4.78, 5) is 0. The monoisotopic (exact) mass is 282 g/mol. The molecule has 1 heterocycles. The molecule has 18 heavy (non-hydrogen) atoms. The van der Waals surface area contributed by atoms with Gasteiger partial charge in [0.2, 0.25) is 10.3 Å². The molecule has 0 saturated carbocycles. The maximum Gasteiger partial charge on any atom is 0.238 e. The molecule has 0 amide bonds. The summed E-state index contributed by atoms with van der Waals surface area (Å²) in [6.07, 6.45) is 1.15. The van der Waals surface area contributed by atoms with Crippen LogP contribution in [0.2, 0.25) is 0 Å². The number of nitrogens with zero attached hydrogens (tertiary/aromatic N) is 1. The summed E-state index contributed by atoms with van der Waals surface area (Å²) in [6.45, 7) is 0. The molecule has 0 bridgehead atoms. The van der Waals surface area contributed by atoms with Crippen molar-refractivity contribution in [3.63, 3.8) is 0 Å². The standard InChI is InChI=1S/C12H9ClNO3S/c13-8-9-4-1-2-5-10(9)11-6-3-7-14(15)12(11)18(16)17/h1-7H,8H2/q-1. The minimum Gasteiger partial charge on any atom is -0.805 e. The Morgan fingerprint density at radius 2 is 1.78 bits per heavy atom. The number of alkyl halides is 1. The van der Waals surface area contributed by atoms with Gasteiger partial charge in [0.05, 0.1) is 0 Å². The zero-order chi connectivity index (χ0) is 13.1. The van der Waals surface area contributed by atoms with Gasteiger partial charge in [-0.05, 0) is 29.5 Å². The lowest BCUT2D eigenvalue weighted by Gasteiger charge is -2.13. The molecule has 2 aromatic rings. The molecule has 2 rings (SSSR count). The zero-order valence-corrected chi connectivity index (χ0v) is 10.8. The second-order valence-corrected chi connectivity index (χ2v) is 4.70. The summed E-state index contributed by atoms with van der Waals surface area (Å²) in [5.41, 5.74) is 1.78. The normalized spacial score (nSPS) is 10.3. The highest BCUT2D eigenvalue weighted by Crippen LogP contribution is 2.25. The van der Waals surface area contributed by atoms with E-state index in [0.29, 0.717) is 15.9 Å². The van der Waals surface area contributed by atoms with E-state index in [1.165, 1.54) is 6.07 Å². The van der Waals surface area contributed by atoms with E-state index >= 15 is 0 Å². The van der Waals surface area contributed by atoms with Gasteiger partial charge in [-0.3, -0.25) is 0 Å². The molecule has 0 radical (unpaired) electrons. The summed E-state index contributed by atoms with van der Waals surface area (Å²) in [6, 6.07) is 10.2. The second-order valence-electron chi connectivity index (χ2n) is 3.58. The van der Waals surface area contributed by atoms with E-state index in [9.17, 15) is 13.6 Å². The molecule has 0 aliphatic carbocycles. The third-order valence-corrected chi connectivity index (χ3v) is 3.53. The number of benzene rings is 1. The fourth-order valence-electron chi connectivity index (χ4n) is 1.74. The van der Waals surface area contributed by atoms with Crippen molar-refractivity contribution in [2.75, 3.05) is 0 Å². The van der Waals surface area contributed by atoms with Crippen LogP contribution in [0.15, 0.2) is 42.6 Å². The first-order valence-electron chi connectivity index (χ1n) is 5.11. The van der Waals surface area contributed by atoms with E-state index in [1.807, 2.05) is 6.07 Å². The van der Waals surface area contributed by atoms with Crippen LogP contribution < -0.4 is 0 Å². The van der Waals surface area contributed by atoms with Crippen molar-refractivity contribution in [3.8, 4) is 11.1 Å². The van der Waals surface area contributed by atoms with Gasteiger partial charge in [-0.15, -0.1) is 11.6 Å². The molecule has 1 aromatic heterocycles. The lowest BCUT2D eigenvalue weighted by atomic mass is 10.0. The van der Waals surface area contributed by atoms with E-state index in [-0.39, 0.29) is 10.5 Å². The summed E-state index contributed by atoms with van der Waals surface area (Å²) in [7, 11) is -2.61. The van der Waals surface area contributed by atoms with Gasteiger partial charge in [0.15, 0.2) is 4.64 Å². The number of hydrogen-bond donors (Lipinski definition) is 0. The van der Waals surface area contributed by atoms with Gasteiger partial charge < -0.3 is 9.94 Å². The van der Waals surface area contributed by atoms with Crippen LogP contribution in [0.25, 0.3) is 11.1 Å². The van der Waals surface area contributed by atoms with Gasteiger partial charge in [-0.1, -0.05) is 24.3 Å². The van der Waals surface area contributed by atoms with Gasteiger partial charge in [-0.25, -0.2) is 0 Å². The topological polar surface area (TPSA) is 62.1 Å². The number of pyridine rings is 1. The molecule has 0 N–H and O–H groups in total. The maximum atomic E-state index is 11.5. The SMILES string of the molecule is O=S(=O)=c1c(-c2ccccc2CCl)cccn1[O-]. The van der Waals surface area contributed by atoms with Crippen molar-refractivity contribution in [2.24, 2.45) is 0 Å². The first-order valence-corrected chi connectivity index (χ1v) is 6.71. The average Bonchev–Trinajstić information content (AvgIpc) is 2.38. The molecule has 6 heteroatoms. The fraction of sp³-hybridized carbons (Fsp3) is 0.0833. The molecule has 1 aromatic carbocycles. The molecule has 0 spiro atoms. The van der Waals surface area contributed by atoms with Crippen LogP contribution in [-0.2, 0) is 16.2 Å². The van der Waals surface area contributed by atoms with Crippen molar-refractivity contribution in [1.82, 2.24) is 4.73 Å². The van der Waals surface area contributed by atoms with Crippen LogP contribution in [0.3, 0.4) is 0 Å². The van der Waals surface area contributed by atoms with E-state index in [1.54, 1.807) is 24.3 Å². The van der Waals surface area contributed by atoms with Crippen molar-refractivity contribution >= 4 is 21.9 Å². The van der Waals surface area contributed by atoms with Gasteiger partial charge in [-0.2, -0.15) is 8.42 Å². The lowest BCUT2D eigenvalue weighted by molar-refractivity contribution is 0.623. The number of halogens is 1. The van der Waals surface area contributed by atoms with E-state index in [0.717, 1.165) is 11.8 Å². The molecule has 0 aliphatic heterocycles. The largest absolute Gasteiger partial charge is 0.805 e. The van der Waals surface area contributed by atoms with Gasteiger partial charge in [0.25, 0.3) is 0 Å². The molecule has 0 saturated heterocycles. The third kappa shape index (κ3) is 2.27. The van der Waals surface area contributed by atoms with E-state index < -0.39 is 10.3 Å². The summed E-state index contributed by atoms with van der Waals surface area (Å²) >= 11 is 5.81. The Bertz CT molecular complexity index is 742. The number of hydrogen-bond acceptors (Lipinski definition) is 3. The van der Waals surface area contributed by atoms with Crippen LogP contribution in [0.4, 0.5) is 0 Å². The van der Waals surface area contributed by atoms with Gasteiger partial charge in [0.1, 0.15) is 0 Å². The Kier molecular flexibility index (Phi) is 3.74. The van der Waals surface area contributed by atoms with Crippen molar-refractivity contribution in [1.29, 1.82) is 0 Å². The highest BCUT2D eigenvalue weighted by molar-refractivity contribution is 7.63. The quantitative estimate of drug-likeness (QED) is 0.628. The van der Waals surface area contributed by atoms with Crippen molar-refractivity contribution in [3.05, 3.63) is 58.0 Å². The highest BCUT2D eigenvalue weighted by Gasteiger charge is 2.07. The summed E-state index contributed by atoms with van der Waals surface area (Å²) < 4.78 is 22.4. The van der Waals surface area contributed by atoms with Crippen LogP contribution in [0, 0.1) is 9.85 Å². The summed E-state index contributed by atoms with van der Waals surface area (Å²) in [5, 5.41) is 11.5. The minimum atomic E-state index is -2.61. The van der Waals surface area contributed by atoms with Crippen LogP contribution >= 0.6 is 11.6 Å². The second kappa shape index (κ2) is 5.29. The van der Waals surface area contributed by atoms with Crippen LogP contribution in [0.1, 0.15) is 5.56 Å². The predicted octanol–water partition coefficient (Wildman–Crippen LogP) is 2.65. The molecular formula is C12H9ClNO3S-. The van der Waals surface area contributed by atoms with Gasteiger partial charge >= 0.3 is 0 Å². The minimum absolute atomic E-state index is 0.245. The first-order chi connectivity index (χ1) is 8.65. The number of aromatic nitrogens is 1. The third-order valence-electron chi connectivity index (χ3n) is 2.52. The fourth-order valence-corrected chi connectivity index (χ4v) is 2.54. The van der Waals surface area contributed by atoms with Crippen LogP contribution in [0.5, 0.6) is 0 Å². The Labute approximate surface area is 110 Å².